The van der Waals surface area contributed by atoms with Crippen LogP contribution in [0.5, 0.6) is 0 Å². The molecule has 0 bridgehead atoms. The number of carbonyl (C=O) groups is 3. The third-order valence-corrected chi connectivity index (χ3v) is 11.7. The molecule has 0 aromatic heterocycles. The van der Waals surface area contributed by atoms with Crippen molar-refractivity contribution >= 4 is 17.9 Å². The Balaban J connectivity index is 4.46. The van der Waals surface area contributed by atoms with Crippen molar-refractivity contribution in [3.63, 3.8) is 0 Å². The summed E-state index contributed by atoms with van der Waals surface area (Å²) < 4.78 is 16.8. The van der Waals surface area contributed by atoms with Crippen LogP contribution in [0.1, 0.15) is 252 Å². The molecule has 0 amide bonds. The van der Waals surface area contributed by atoms with Crippen LogP contribution < -0.4 is 0 Å². The maximum Gasteiger partial charge on any atom is 0.306 e. The molecule has 6 nitrogen and oxygen atoms in total. The van der Waals surface area contributed by atoms with Crippen LogP contribution in [0.25, 0.3) is 0 Å². The fourth-order valence-corrected chi connectivity index (χ4v) is 7.54. The van der Waals surface area contributed by atoms with Crippen LogP contribution in [0.2, 0.25) is 0 Å². The van der Waals surface area contributed by atoms with Gasteiger partial charge in [0.1, 0.15) is 13.2 Å². The number of rotatable bonds is 50. The minimum atomic E-state index is -0.803. The van der Waals surface area contributed by atoms with E-state index in [4.69, 9.17) is 14.2 Å². The van der Waals surface area contributed by atoms with Gasteiger partial charge in [-0.05, 0) is 122 Å². The predicted octanol–water partition coefficient (Wildman–Crippen LogP) is 19.1. The van der Waals surface area contributed by atoms with E-state index >= 15 is 0 Å². The van der Waals surface area contributed by atoms with E-state index in [1.54, 1.807) is 0 Å². The van der Waals surface area contributed by atoms with Gasteiger partial charge in [0.25, 0.3) is 0 Å². The third kappa shape index (κ3) is 54.9. The summed E-state index contributed by atoms with van der Waals surface area (Å²) in [4.78, 5) is 38.1. The van der Waals surface area contributed by atoms with Crippen molar-refractivity contribution in [1.29, 1.82) is 0 Å². The Morgan fingerprint density at radius 2 is 0.565 bits per heavy atom. The molecule has 0 saturated heterocycles. The number of allylic oxidation sites excluding steroid dienone is 18. The first-order valence-corrected chi connectivity index (χ1v) is 28.4. The molecule has 0 fully saturated rings. The molecule has 392 valence electrons. The zero-order chi connectivity index (χ0) is 50.0. The molecule has 1 unspecified atom stereocenters. The minimum absolute atomic E-state index is 0.100. The van der Waals surface area contributed by atoms with Gasteiger partial charge in [-0.15, -0.1) is 0 Å². The maximum atomic E-state index is 12.9. The van der Waals surface area contributed by atoms with E-state index in [0.717, 1.165) is 135 Å². The van der Waals surface area contributed by atoms with E-state index < -0.39 is 6.10 Å². The molecule has 0 aliphatic heterocycles. The summed E-state index contributed by atoms with van der Waals surface area (Å²) in [6.45, 7) is 6.36. The van der Waals surface area contributed by atoms with Crippen LogP contribution in [0.4, 0.5) is 0 Å². The van der Waals surface area contributed by atoms with Gasteiger partial charge in [0, 0.05) is 19.3 Å². The number of esters is 3. The zero-order valence-electron chi connectivity index (χ0n) is 44.8. The molecule has 0 N–H and O–H groups in total. The molecule has 0 saturated carbocycles. The van der Waals surface area contributed by atoms with E-state index in [-0.39, 0.29) is 31.1 Å². The lowest BCUT2D eigenvalue weighted by Gasteiger charge is -2.18. The fourth-order valence-electron chi connectivity index (χ4n) is 7.54. The SMILES string of the molecule is CC/C=C\C/C=C\C/C=C\C/C=C\C/C=C\CCCCCC(=O)OCC(COC(=O)CCCCC/C=C\CCCCCCCC)OC(=O)CCCCCCCCCCC/C=C\C/C=C\C/C=C\CC. The van der Waals surface area contributed by atoms with Gasteiger partial charge in [-0.2, -0.15) is 0 Å². The van der Waals surface area contributed by atoms with Gasteiger partial charge in [-0.1, -0.05) is 220 Å². The summed E-state index contributed by atoms with van der Waals surface area (Å²) >= 11 is 0. The smallest absolute Gasteiger partial charge is 0.306 e. The lowest BCUT2D eigenvalue weighted by atomic mass is 10.1. The largest absolute Gasteiger partial charge is 0.462 e. The molecule has 0 aromatic carbocycles. The van der Waals surface area contributed by atoms with Crippen molar-refractivity contribution < 1.29 is 28.6 Å². The Morgan fingerprint density at radius 3 is 0.913 bits per heavy atom. The summed E-state index contributed by atoms with van der Waals surface area (Å²) in [7, 11) is 0. The second-order valence-electron chi connectivity index (χ2n) is 18.4. The first-order valence-electron chi connectivity index (χ1n) is 28.4. The Labute approximate surface area is 425 Å². The second kappa shape index (κ2) is 56.7. The highest BCUT2D eigenvalue weighted by atomic mass is 16.6. The van der Waals surface area contributed by atoms with E-state index in [1.807, 2.05) is 0 Å². The summed E-state index contributed by atoms with van der Waals surface area (Å²) in [5.41, 5.74) is 0. The average molecular weight is 958 g/mol. The van der Waals surface area contributed by atoms with Crippen molar-refractivity contribution in [3.05, 3.63) is 109 Å². The van der Waals surface area contributed by atoms with Crippen molar-refractivity contribution in [3.8, 4) is 0 Å². The van der Waals surface area contributed by atoms with E-state index in [0.29, 0.717) is 19.3 Å². The number of unbranched alkanes of at least 4 members (excludes halogenated alkanes) is 21. The predicted molar refractivity (Wildman–Crippen MR) is 297 cm³/mol. The van der Waals surface area contributed by atoms with Crippen LogP contribution in [0, 0.1) is 0 Å². The van der Waals surface area contributed by atoms with Crippen molar-refractivity contribution in [2.24, 2.45) is 0 Å². The monoisotopic (exact) mass is 957 g/mol. The lowest BCUT2D eigenvalue weighted by Crippen LogP contribution is -2.30. The first kappa shape index (κ1) is 65.1. The minimum Gasteiger partial charge on any atom is -0.462 e. The Morgan fingerprint density at radius 1 is 0.304 bits per heavy atom. The quantitative estimate of drug-likeness (QED) is 0.0262. The molecule has 0 radical (unpaired) electrons. The van der Waals surface area contributed by atoms with Crippen LogP contribution in [0.15, 0.2) is 109 Å². The van der Waals surface area contributed by atoms with Gasteiger partial charge in [-0.3, -0.25) is 14.4 Å². The number of carbonyl (C=O) groups excluding carboxylic acids is 3. The molecular weight excluding hydrogens is 853 g/mol. The van der Waals surface area contributed by atoms with E-state index in [1.165, 1.54) is 77.0 Å². The van der Waals surface area contributed by atoms with Gasteiger partial charge >= 0.3 is 17.9 Å². The van der Waals surface area contributed by atoms with Crippen molar-refractivity contribution in [2.75, 3.05) is 13.2 Å². The standard InChI is InChI=1S/C63H104O6/c1-4-7-10-13-16-19-22-25-27-29-31-33-35-38-41-44-47-50-53-56-62(65)68-59-60(58-67-61(64)55-52-49-46-43-40-37-24-21-18-15-12-9-6-3)69-63(66)57-54-51-48-45-42-39-36-34-32-30-28-26-23-20-17-14-11-8-5-2/h7-8,10-11,16-17,19-20,25-28,31,33,37-38,40-41,60H,4-6,9,12-15,18,21-24,29-30,32,34-36,39,42-59H2,1-3H3/b10-7-,11-8-,19-16-,20-17-,27-25-,28-26-,33-31-,40-37-,41-38-. The van der Waals surface area contributed by atoms with Gasteiger partial charge in [0.05, 0.1) is 0 Å². The lowest BCUT2D eigenvalue weighted by molar-refractivity contribution is -0.167. The molecule has 6 heteroatoms. The first-order chi connectivity index (χ1) is 34.0. The summed E-state index contributed by atoms with van der Waals surface area (Å²) in [5.74, 6) is -0.953. The molecule has 0 spiro atoms. The number of hydrogen-bond donors (Lipinski definition) is 0. The maximum absolute atomic E-state index is 12.9. The molecule has 0 aliphatic carbocycles. The van der Waals surface area contributed by atoms with Gasteiger partial charge in [0.15, 0.2) is 6.10 Å². The van der Waals surface area contributed by atoms with Gasteiger partial charge in [0.2, 0.25) is 0 Å². The van der Waals surface area contributed by atoms with Crippen molar-refractivity contribution in [1.82, 2.24) is 0 Å². The molecule has 0 rings (SSSR count). The van der Waals surface area contributed by atoms with Crippen LogP contribution in [0.3, 0.4) is 0 Å². The van der Waals surface area contributed by atoms with Crippen LogP contribution in [-0.4, -0.2) is 37.2 Å². The van der Waals surface area contributed by atoms with Crippen LogP contribution >= 0.6 is 0 Å². The normalized spacial score (nSPS) is 12.9. The summed E-state index contributed by atoms with van der Waals surface area (Å²) in [5, 5.41) is 0. The molecule has 1 atom stereocenters. The van der Waals surface area contributed by atoms with Gasteiger partial charge < -0.3 is 14.2 Å². The molecular formula is C63H104O6. The molecule has 0 aromatic rings. The second-order valence-corrected chi connectivity index (χ2v) is 18.4. The van der Waals surface area contributed by atoms with Gasteiger partial charge in [-0.25, -0.2) is 0 Å². The summed E-state index contributed by atoms with van der Waals surface area (Å²) in [6, 6.07) is 0. The number of ether oxygens (including phenoxy) is 3. The summed E-state index contributed by atoms with van der Waals surface area (Å²) in [6.07, 6.45) is 76.5. The van der Waals surface area contributed by atoms with Crippen molar-refractivity contribution in [2.45, 2.75) is 258 Å². The van der Waals surface area contributed by atoms with E-state index in [2.05, 4.69) is 130 Å². The topological polar surface area (TPSA) is 78.9 Å². The molecule has 0 aliphatic rings. The highest BCUT2D eigenvalue weighted by Crippen LogP contribution is 2.14. The Kier molecular flexibility index (Phi) is 53.4. The third-order valence-electron chi connectivity index (χ3n) is 11.7. The molecule has 0 heterocycles. The zero-order valence-corrected chi connectivity index (χ0v) is 44.8. The van der Waals surface area contributed by atoms with Crippen LogP contribution in [-0.2, 0) is 28.6 Å². The average Bonchev–Trinajstić information content (AvgIpc) is 3.35. The highest BCUT2D eigenvalue weighted by molar-refractivity contribution is 5.71. The Hall–Kier alpha value is -3.93. The van der Waals surface area contributed by atoms with E-state index in [9.17, 15) is 14.4 Å². The molecule has 69 heavy (non-hydrogen) atoms. The highest BCUT2D eigenvalue weighted by Gasteiger charge is 2.19. The number of hydrogen-bond acceptors (Lipinski definition) is 6. The fraction of sp³-hybridized carbons (Fsp3) is 0.667. The Bertz CT molecular complexity index is 1420.